The van der Waals surface area contributed by atoms with E-state index in [0.717, 1.165) is 10.3 Å². The number of carboxylic acids is 1. The van der Waals surface area contributed by atoms with E-state index in [1.165, 1.54) is 17.1 Å². The van der Waals surface area contributed by atoms with Gasteiger partial charge in [0.2, 0.25) is 0 Å². The topological polar surface area (TPSA) is 57.5 Å². The highest BCUT2D eigenvalue weighted by atomic mass is 32.2. The second-order valence-corrected chi connectivity index (χ2v) is 5.17. The summed E-state index contributed by atoms with van der Waals surface area (Å²) in [4.78, 5) is 11.5. The molecule has 0 aliphatic carbocycles. The van der Waals surface area contributed by atoms with Gasteiger partial charge in [-0.2, -0.15) is 0 Å². The van der Waals surface area contributed by atoms with Gasteiger partial charge in [0.05, 0.1) is 12.5 Å². The van der Waals surface area contributed by atoms with Crippen LogP contribution in [0.25, 0.3) is 10.8 Å². The molecular weight excluding hydrogens is 248 g/mol. The molecule has 0 saturated carbocycles. The molecule has 0 spiro atoms. The third-order valence-electron chi connectivity index (χ3n) is 2.57. The molecule has 0 heterocycles. The fraction of sp³-hybridized carbons (Fsp3) is 0.214. The van der Waals surface area contributed by atoms with Crippen molar-refractivity contribution in [3.05, 3.63) is 42.5 Å². The SMILES string of the molecule is O=C(O)CC(O)CSc1ccc2ccccc2c1. The first-order valence-electron chi connectivity index (χ1n) is 5.66. The van der Waals surface area contributed by atoms with Crippen molar-refractivity contribution in [1.29, 1.82) is 0 Å². The van der Waals surface area contributed by atoms with Gasteiger partial charge >= 0.3 is 5.97 Å². The third-order valence-corrected chi connectivity index (χ3v) is 3.71. The lowest BCUT2D eigenvalue weighted by Crippen LogP contribution is -2.15. The molecule has 0 fully saturated rings. The standard InChI is InChI=1S/C14H14O3S/c15-12(8-14(16)17)9-18-13-6-5-10-3-1-2-4-11(10)7-13/h1-7,12,15H,8-9H2,(H,16,17). The molecule has 1 unspecified atom stereocenters. The molecule has 2 aromatic rings. The average Bonchev–Trinajstić information content (AvgIpc) is 2.35. The molecule has 18 heavy (non-hydrogen) atoms. The molecule has 0 aliphatic heterocycles. The van der Waals surface area contributed by atoms with Gasteiger partial charge in [-0.25, -0.2) is 0 Å². The van der Waals surface area contributed by atoms with Crippen LogP contribution in [0, 0.1) is 0 Å². The first kappa shape index (κ1) is 12.9. The highest BCUT2D eigenvalue weighted by molar-refractivity contribution is 7.99. The summed E-state index contributed by atoms with van der Waals surface area (Å²) in [5.74, 6) is -0.577. The normalized spacial score (nSPS) is 12.5. The lowest BCUT2D eigenvalue weighted by molar-refractivity contribution is -0.138. The van der Waals surface area contributed by atoms with E-state index in [-0.39, 0.29) is 6.42 Å². The Bertz CT molecular complexity index is 553. The zero-order valence-corrected chi connectivity index (χ0v) is 10.6. The van der Waals surface area contributed by atoms with Gasteiger partial charge in [0.1, 0.15) is 0 Å². The largest absolute Gasteiger partial charge is 0.481 e. The van der Waals surface area contributed by atoms with E-state index in [1.54, 1.807) is 0 Å². The lowest BCUT2D eigenvalue weighted by Gasteiger charge is -2.08. The van der Waals surface area contributed by atoms with E-state index in [1.807, 2.05) is 42.5 Å². The maximum Gasteiger partial charge on any atom is 0.306 e. The molecule has 0 radical (unpaired) electrons. The number of aliphatic hydroxyl groups excluding tert-OH is 1. The van der Waals surface area contributed by atoms with Crippen molar-refractivity contribution in [3.63, 3.8) is 0 Å². The zero-order chi connectivity index (χ0) is 13.0. The van der Waals surface area contributed by atoms with Crippen molar-refractivity contribution >= 4 is 28.5 Å². The summed E-state index contributed by atoms with van der Waals surface area (Å²) in [5.41, 5.74) is 0. The van der Waals surface area contributed by atoms with Crippen molar-refractivity contribution in [2.45, 2.75) is 17.4 Å². The Morgan fingerprint density at radius 2 is 1.89 bits per heavy atom. The Hall–Kier alpha value is -1.52. The monoisotopic (exact) mass is 262 g/mol. The van der Waals surface area contributed by atoms with Gasteiger partial charge in [0.25, 0.3) is 0 Å². The van der Waals surface area contributed by atoms with Crippen LogP contribution in [0.1, 0.15) is 6.42 Å². The highest BCUT2D eigenvalue weighted by Crippen LogP contribution is 2.24. The smallest absolute Gasteiger partial charge is 0.306 e. The molecule has 94 valence electrons. The molecule has 3 nitrogen and oxygen atoms in total. The van der Waals surface area contributed by atoms with Gasteiger partial charge in [-0.3, -0.25) is 4.79 Å². The van der Waals surface area contributed by atoms with E-state index in [2.05, 4.69) is 0 Å². The Morgan fingerprint density at radius 1 is 1.17 bits per heavy atom. The number of aliphatic hydroxyl groups is 1. The van der Waals surface area contributed by atoms with Gasteiger partial charge in [0, 0.05) is 10.6 Å². The van der Waals surface area contributed by atoms with Crippen LogP contribution < -0.4 is 0 Å². The van der Waals surface area contributed by atoms with Crippen LogP contribution in [0.5, 0.6) is 0 Å². The van der Waals surface area contributed by atoms with Crippen LogP contribution in [-0.2, 0) is 4.79 Å². The minimum atomic E-state index is -0.971. The Labute approximate surface area is 109 Å². The van der Waals surface area contributed by atoms with Gasteiger partial charge in [-0.15, -0.1) is 11.8 Å². The third kappa shape index (κ3) is 3.48. The second kappa shape index (κ2) is 5.89. The minimum absolute atomic E-state index is 0.208. The molecule has 0 amide bonds. The molecule has 4 heteroatoms. The van der Waals surface area contributed by atoms with Gasteiger partial charge in [-0.05, 0) is 22.9 Å². The van der Waals surface area contributed by atoms with Crippen molar-refractivity contribution in [2.75, 3.05) is 5.75 Å². The number of carbonyl (C=O) groups is 1. The Morgan fingerprint density at radius 3 is 2.61 bits per heavy atom. The van der Waals surface area contributed by atoms with Crippen LogP contribution in [0.2, 0.25) is 0 Å². The van der Waals surface area contributed by atoms with E-state index < -0.39 is 12.1 Å². The molecule has 0 aromatic heterocycles. The summed E-state index contributed by atoms with van der Waals surface area (Å²) in [6, 6.07) is 14.1. The van der Waals surface area contributed by atoms with Crippen molar-refractivity contribution in [3.8, 4) is 0 Å². The summed E-state index contributed by atoms with van der Waals surface area (Å²) in [6.07, 6.45) is -1.01. The van der Waals surface area contributed by atoms with E-state index >= 15 is 0 Å². The van der Waals surface area contributed by atoms with Gasteiger partial charge in [0.15, 0.2) is 0 Å². The fourth-order valence-electron chi connectivity index (χ4n) is 1.71. The van der Waals surface area contributed by atoms with Crippen LogP contribution in [0.4, 0.5) is 0 Å². The van der Waals surface area contributed by atoms with Crippen LogP contribution in [0.3, 0.4) is 0 Å². The van der Waals surface area contributed by atoms with Crippen LogP contribution >= 0.6 is 11.8 Å². The molecule has 0 bridgehead atoms. The quantitative estimate of drug-likeness (QED) is 0.813. The second-order valence-electron chi connectivity index (χ2n) is 4.07. The molecule has 1 atom stereocenters. The number of hydrogen-bond donors (Lipinski definition) is 2. The van der Waals surface area contributed by atoms with E-state index in [4.69, 9.17) is 5.11 Å². The van der Waals surface area contributed by atoms with Gasteiger partial charge < -0.3 is 10.2 Å². The molecule has 0 saturated heterocycles. The Balaban J connectivity index is 2.01. The number of thioether (sulfide) groups is 1. The summed E-state index contributed by atoms with van der Waals surface area (Å²) >= 11 is 1.47. The summed E-state index contributed by atoms with van der Waals surface area (Å²) in [5, 5.41) is 20.4. The number of benzene rings is 2. The molecular formula is C14H14O3S. The summed E-state index contributed by atoms with van der Waals surface area (Å²) in [7, 11) is 0. The number of fused-ring (bicyclic) bond motifs is 1. The molecule has 0 aliphatic rings. The number of hydrogen-bond acceptors (Lipinski definition) is 3. The predicted octanol–water partition coefficient (Wildman–Crippen LogP) is 2.77. The maximum absolute atomic E-state index is 10.4. The highest BCUT2D eigenvalue weighted by Gasteiger charge is 2.09. The van der Waals surface area contributed by atoms with Gasteiger partial charge in [-0.1, -0.05) is 30.3 Å². The Kier molecular flexibility index (Phi) is 4.23. The minimum Gasteiger partial charge on any atom is -0.481 e. The first-order valence-corrected chi connectivity index (χ1v) is 6.65. The van der Waals surface area contributed by atoms with Crippen molar-refractivity contribution in [2.24, 2.45) is 0 Å². The summed E-state index contributed by atoms with van der Waals surface area (Å²) in [6.45, 7) is 0. The molecule has 2 rings (SSSR count). The van der Waals surface area contributed by atoms with Crippen LogP contribution in [0.15, 0.2) is 47.4 Å². The predicted molar refractivity (Wildman–Crippen MR) is 72.9 cm³/mol. The maximum atomic E-state index is 10.4. The van der Waals surface area contributed by atoms with Crippen LogP contribution in [-0.4, -0.2) is 28.0 Å². The van der Waals surface area contributed by atoms with Crippen molar-refractivity contribution < 1.29 is 15.0 Å². The summed E-state index contributed by atoms with van der Waals surface area (Å²) < 4.78 is 0. The van der Waals surface area contributed by atoms with E-state index in [0.29, 0.717) is 5.75 Å². The fourth-order valence-corrected chi connectivity index (χ4v) is 2.59. The molecule has 2 N–H and O–H groups in total. The van der Waals surface area contributed by atoms with Crippen molar-refractivity contribution in [1.82, 2.24) is 0 Å². The van der Waals surface area contributed by atoms with E-state index in [9.17, 15) is 9.90 Å². The number of aliphatic carboxylic acids is 1. The number of rotatable bonds is 5. The lowest BCUT2D eigenvalue weighted by atomic mass is 10.1. The first-order chi connectivity index (χ1) is 8.65. The average molecular weight is 262 g/mol. The number of carboxylic acid groups (broad SMARTS) is 1. The zero-order valence-electron chi connectivity index (χ0n) is 9.74. The molecule has 2 aromatic carbocycles.